The van der Waals surface area contributed by atoms with Gasteiger partial charge < -0.3 is 9.84 Å². The SMILES string of the molecule is COC(=O)c1ccc(C2=CCCCC2C(C)(C)C)c(C)c1.Cc1cc(C(=O)O)ccc1C1=CCCCC1C(C)(C)C. The lowest BCUT2D eigenvalue weighted by Gasteiger charge is -2.36. The van der Waals surface area contributed by atoms with E-state index >= 15 is 0 Å². The van der Waals surface area contributed by atoms with E-state index < -0.39 is 5.97 Å². The molecule has 0 fully saturated rings. The molecule has 0 spiro atoms. The van der Waals surface area contributed by atoms with E-state index in [0.717, 1.165) is 24.0 Å². The van der Waals surface area contributed by atoms with Gasteiger partial charge in [0.05, 0.1) is 18.2 Å². The second-order valence-corrected chi connectivity index (χ2v) is 13.9. The quantitative estimate of drug-likeness (QED) is 0.379. The number of carboxylic acid groups (broad SMARTS) is 1. The molecular formula is C37H50O4. The summed E-state index contributed by atoms with van der Waals surface area (Å²) in [6.07, 6.45) is 12.0. The van der Waals surface area contributed by atoms with Gasteiger partial charge in [0.15, 0.2) is 0 Å². The summed E-state index contributed by atoms with van der Waals surface area (Å²) in [5, 5.41) is 9.08. The first kappa shape index (κ1) is 32.4. The lowest BCUT2D eigenvalue weighted by molar-refractivity contribution is 0.0599. The summed E-state index contributed by atoms with van der Waals surface area (Å²) in [7, 11) is 1.42. The van der Waals surface area contributed by atoms with E-state index in [-0.39, 0.29) is 16.8 Å². The lowest BCUT2D eigenvalue weighted by atomic mass is 9.69. The predicted molar refractivity (Wildman–Crippen MR) is 170 cm³/mol. The zero-order chi connectivity index (χ0) is 30.5. The van der Waals surface area contributed by atoms with Crippen LogP contribution in [0.5, 0.6) is 0 Å². The third-order valence-corrected chi connectivity index (χ3v) is 8.71. The van der Waals surface area contributed by atoms with Gasteiger partial charge >= 0.3 is 11.9 Å². The summed E-state index contributed by atoms with van der Waals surface area (Å²) in [5.41, 5.74) is 9.06. The Morgan fingerprint density at radius 2 is 1.15 bits per heavy atom. The van der Waals surface area contributed by atoms with Gasteiger partial charge in [0.25, 0.3) is 0 Å². The van der Waals surface area contributed by atoms with E-state index in [1.165, 1.54) is 55.1 Å². The Hall–Kier alpha value is -3.14. The highest BCUT2D eigenvalue weighted by Gasteiger charge is 2.32. The van der Waals surface area contributed by atoms with Crippen LogP contribution in [0.3, 0.4) is 0 Å². The molecule has 222 valence electrons. The second-order valence-electron chi connectivity index (χ2n) is 13.9. The minimum Gasteiger partial charge on any atom is -0.478 e. The van der Waals surface area contributed by atoms with Crippen LogP contribution in [0.4, 0.5) is 0 Å². The van der Waals surface area contributed by atoms with E-state index in [0.29, 0.717) is 23.0 Å². The summed E-state index contributed by atoms with van der Waals surface area (Å²) in [6.45, 7) is 17.9. The maximum Gasteiger partial charge on any atom is 0.337 e. The molecule has 2 aliphatic rings. The average Bonchev–Trinajstić information content (AvgIpc) is 2.92. The molecule has 0 aromatic heterocycles. The maximum absolute atomic E-state index is 11.6. The molecule has 0 saturated heterocycles. The first-order valence-electron chi connectivity index (χ1n) is 15.1. The van der Waals surface area contributed by atoms with Gasteiger partial charge in [-0.05, 0) is 133 Å². The monoisotopic (exact) mass is 558 g/mol. The van der Waals surface area contributed by atoms with Crippen molar-refractivity contribution in [3.8, 4) is 0 Å². The number of carboxylic acids is 1. The third-order valence-electron chi connectivity index (χ3n) is 8.71. The number of aryl methyl sites for hydroxylation is 2. The minimum atomic E-state index is -0.857. The van der Waals surface area contributed by atoms with Gasteiger partial charge in [-0.3, -0.25) is 0 Å². The number of carbonyl (C=O) groups excluding carboxylic acids is 1. The van der Waals surface area contributed by atoms with Gasteiger partial charge in [-0.2, -0.15) is 0 Å². The number of ether oxygens (including phenoxy) is 1. The fourth-order valence-corrected chi connectivity index (χ4v) is 6.50. The number of esters is 1. The molecule has 2 aromatic rings. The van der Waals surface area contributed by atoms with Gasteiger partial charge in [-0.15, -0.1) is 0 Å². The van der Waals surface area contributed by atoms with Gasteiger partial charge in [0.2, 0.25) is 0 Å². The number of hydrogen-bond donors (Lipinski definition) is 1. The van der Waals surface area contributed by atoms with Crippen LogP contribution in [0, 0.1) is 36.5 Å². The zero-order valence-electron chi connectivity index (χ0n) is 26.7. The van der Waals surface area contributed by atoms with Gasteiger partial charge in [-0.1, -0.05) is 65.8 Å². The van der Waals surface area contributed by atoms with Gasteiger partial charge in [0, 0.05) is 0 Å². The largest absolute Gasteiger partial charge is 0.478 e. The molecule has 0 radical (unpaired) electrons. The second kappa shape index (κ2) is 13.2. The summed E-state index contributed by atoms with van der Waals surface area (Å²) < 4.78 is 4.80. The highest BCUT2D eigenvalue weighted by Crippen LogP contribution is 2.45. The van der Waals surface area contributed by atoms with Crippen LogP contribution in [0.1, 0.15) is 123 Å². The average molecular weight is 559 g/mol. The molecular weight excluding hydrogens is 508 g/mol. The summed E-state index contributed by atoms with van der Waals surface area (Å²) in [6, 6.07) is 11.4. The molecule has 4 heteroatoms. The van der Waals surface area contributed by atoms with Crippen LogP contribution < -0.4 is 0 Å². The molecule has 0 saturated carbocycles. The predicted octanol–water partition coefficient (Wildman–Crippen LogP) is 9.93. The molecule has 2 aliphatic carbocycles. The Balaban J connectivity index is 0.000000226. The molecule has 0 bridgehead atoms. The van der Waals surface area contributed by atoms with Crippen LogP contribution in [-0.2, 0) is 4.74 Å². The highest BCUT2D eigenvalue weighted by molar-refractivity contribution is 5.90. The highest BCUT2D eigenvalue weighted by atomic mass is 16.5. The lowest BCUT2D eigenvalue weighted by Crippen LogP contribution is -2.24. The standard InChI is InChI=1S/C19H26O2.C18H24O2/c1-13-12-14(18(20)21-5)10-11-15(13)16-8-6-7-9-17(16)19(2,3)4;1-12-11-13(17(19)20)9-10-14(12)15-7-5-6-8-16(15)18(2,3)4/h8,10-12,17H,6-7,9H2,1-5H3;7,9-11,16H,5-6,8H2,1-4H3,(H,19,20). The van der Waals surface area contributed by atoms with Crippen molar-refractivity contribution >= 4 is 23.1 Å². The molecule has 0 heterocycles. The van der Waals surface area contributed by atoms with Crippen LogP contribution in [0.2, 0.25) is 0 Å². The van der Waals surface area contributed by atoms with Crippen LogP contribution in [0.15, 0.2) is 48.6 Å². The van der Waals surface area contributed by atoms with Crippen LogP contribution in [0.25, 0.3) is 11.1 Å². The number of allylic oxidation sites excluding steroid dienone is 4. The molecule has 2 atom stereocenters. The van der Waals surface area contributed by atoms with Crippen molar-refractivity contribution in [3.05, 3.63) is 81.9 Å². The van der Waals surface area contributed by atoms with Crippen molar-refractivity contribution in [3.63, 3.8) is 0 Å². The molecule has 2 aromatic carbocycles. The number of methoxy groups -OCH3 is 1. The first-order valence-corrected chi connectivity index (χ1v) is 15.1. The summed E-state index contributed by atoms with van der Waals surface area (Å²) in [4.78, 5) is 22.7. The molecule has 4 rings (SSSR count). The van der Waals surface area contributed by atoms with Gasteiger partial charge in [0.1, 0.15) is 0 Å². The number of hydrogen-bond acceptors (Lipinski definition) is 3. The number of rotatable bonds is 4. The molecule has 0 amide bonds. The zero-order valence-corrected chi connectivity index (χ0v) is 26.7. The number of carbonyl (C=O) groups is 2. The maximum atomic E-state index is 11.6. The van der Waals surface area contributed by atoms with Crippen molar-refractivity contribution < 1.29 is 19.4 Å². The summed E-state index contributed by atoms with van der Waals surface area (Å²) in [5.74, 6) is -0.00107. The first-order chi connectivity index (χ1) is 19.1. The van der Waals surface area contributed by atoms with E-state index in [1.54, 1.807) is 12.1 Å². The molecule has 0 aliphatic heterocycles. The molecule has 1 N–H and O–H groups in total. The third kappa shape index (κ3) is 7.99. The normalized spacial score (nSPS) is 19.3. The van der Waals surface area contributed by atoms with E-state index in [2.05, 4.69) is 66.7 Å². The van der Waals surface area contributed by atoms with Crippen molar-refractivity contribution in [2.75, 3.05) is 7.11 Å². The fraction of sp³-hybridized carbons (Fsp3) is 0.514. The van der Waals surface area contributed by atoms with Gasteiger partial charge in [-0.25, -0.2) is 9.59 Å². The van der Waals surface area contributed by atoms with Crippen molar-refractivity contribution in [2.45, 2.75) is 93.9 Å². The Morgan fingerprint density at radius 1 is 0.732 bits per heavy atom. The Labute approximate surface area is 247 Å². The van der Waals surface area contributed by atoms with E-state index in [9.17, 15) is 9.59 Å². The Bertz CT molecular complexity index is 1310. The number of aromatic carboxylic acids is 1. The number of benzene rings is 2. The molecule has 4 nitrogen and oxygen atoms in total. The van der Waals surface area contributed by atoms with Crippen molar-refractivity contribution in [1.29, 1.82) is 0 Å². The smallest absolute Gasteiger partial charge is 0.337 e. The van der Waals surface area contributed by atoms with E-state index in [1.807, 2.05) is 25.1 Å². The van der Waals surface area contributed by atoms with E-state index in [4.69, 9.17) is 9.84 Å². The topological polar surface area (TPSA) is 63.6 Å². The Kier molecular flexibility index (Phi) is 10.4. The summed E-state index contributed by atoms with van der Waals surface area (Å²) >= 11 is 0. The fourth-order valence-electron chi connectivity index (χ4n) is 6.50. The van der Waals surface area contributed by atoms with Crippen molar-refractivity contribution in [1.82, 2.24) is 0 Å². The minimum absolute atomic E-state index is 0.240. The Morgan fingerprint density at radius 3 is 1.51 bits per heavy atom. The van der Waals surface area contributed by atoms with Crippen LogP contribution >= 0.6 is 0 Å². The van der Waals surface area contributed by atoms with Crippen LogP contribution in [-0.4, -0.2) is 24.2 Å². The molecule has 2 unspecified atom stereocenters. The molecule has 41 heavy (non-hydrogen) atoms. The van der Waals surface area contributed by atoms with Crippen molar-refractivity contribution in [2.24, 2.45) is 22.7 Å².